The monoisotopic (exact) mass is 530 g/mol. The number of hydrogen-bond acceptors (Lipinski definition) is 4. The van der Waals surface area contributed by atoms with Crippen LogP contribution in [0.25, 0.3) is 22.0 Å². The van der Waals surface area contributed by atoms with Crippen molar-refractivity contribution in [2.45, 2.75) is 24.9 Å². The largest absolute Gasteiger partial charge is 0.373 e. The van der Waals surface area contributed by atoms with Crippen molar-refractivity contribution in [1.82, 2.24) is 19.5 Å². The standard InChI is InChI=1S/C29H24Cl2N4O2/c1-35-16-32-15-26(35)29(37,25-10-8-21(31)14-33-25)19-7-9-24-22(13-19)27(18-3-2-4-20(30)12-18)23(28(36)34-24)11-17-5-6-17/h2-4,7-10,12-17,37H,5-6,11H2,1H3,(H,34,36). The molecule has 186 valence electrons. The molecule has 1 fully saturated rings. The van der Waals surface area contributed by atoms with E-state index in [0.29, 0.717) is 44.9 Å². The third-order valence-corrected chi connectivity index (χ3v) is 7.58. The highest BCUT2D eigenvalue weighted by Crippen LogP contribution is 2.41. The number of nitrogens with zero attached hydrogens (tertiary/aromatic N) is 3. The predicted molar refractivity (Wildman–Crippen MR) is 146 cm³/mol. The Kier molecular flexibility index (Phi) is 5.91. The topological polar surface area (TPSA) is 83.8 Å². The molecule has 37 heavy (non-hydrogen) atoms. The fourth-order valence-corrected chi connectivity index (χ4v) is 5.36. The van der Waals surface area contributed by atoms with E-state index in [4.69, 9.17) is 23.2 Å². The number of H-pyrrole nitrogens is 1. The van der Waals surface area contributed by atoms with E-state index in [0.717, 1.165) is 34.9 Å². The van der Waals surface area contributed by atoms with E-state index in [9.17, 15) is 9.90 Å². The Bertz CT molecular complexity index is 1690. The molecule has 2 N–H and O–H groups in total. The zero-order valence-corrected chi connectivity index (χ0v) is 21.6. The molecule has 6 nitrogen and oxygen atoms in total. The lowest BCUT2D eigenvalue weighted by atomic mass is 9.84. The van der Waals surface area contributed by atoms with Crippen LogP contribution < -0.4 is 5.56 Å². The number of aliphatic hydroxyl groups is 1. The van der Waals surface area contributed by atoms with Crippen LogP contribution in [0.2, 0.25) is 10.0 Å². The Labute approximate surface area is 223 Å². The number of hydrogen-bond donors (Lipinski definition) is 2. The van der Waals surface area contributed by atoms with Crippen molar-refractivity contribution in [2.75, 3.05) is 0 Å². The van der Waals surface area contributed by atoms with Crippen LogP contribution in [0.1, 0.15) is 35.4 Å². The smallest absolute Gasteiger partial charge is 0.252 e. The molecule has 0 spiro atoms. The number of imidazole rings is 1. The molecule has 0 amide bonds. The van der Waals surface area contributed by atoms with Gasteiger partial charge in [0.1, 0.15) is 0 Å². The molecule has 1 saturated carbocycles. The average Bonchev–Trinajstić information content (AvgIpc) is 3.60. The van der Waals surface area contributed by atoms with Gasteiger partial charge in [0, 0.05) is 34.7 Å². The van der Waals surface area contributed by atoms with Gasteiger partial charge in [-0.25, -0.2) is 4.98 Å². The van der Waals surface area contributed by atoms with E-state index in [1.807, 2.05) is 49.5 Å². The van der Waals surface area contributed by atoms with Crippen molar-refractivity contribution < 1.29 is 5.11 Å². The summed E-state index contributed by atoms with van der Waals surface area (Å²) in [4.78, 5) is 25.1. The number of aromatic amines is 1. The van der Waals surface area contributed by atoms with Crippen LogP contribution in [0.4, 0.5) is 0 Å². The summed E-state index contributed by atoms with van der Waals surface area (Å²) in [6.45, 7) is 0. The van der Waals surface area contributed by atoms with Gasteiger partial charge in [-0.2, -0.15) is 0 Å². The molecule has 0 aliphatic heterocycles. The van der Waals surface area contributed by atoms with E-state index in [-0.39, 0.29) is 5.56 Å². The Morgan fingerprint density at radius 1 is 1.08 bits per heavy atom. The number of aromatic nitrogens is 4. The van der Waals surface area contributed by atoms with Crippen molar-refractivity contribution >= 4 is 34.1 Å². The molecular weight excluding hydrogens is 507 g/mol. The summed E-state index contributed by atoms with van der Waals surface area (Å²) >= 11 is 12.5. The van der Waals surface area contributed by atoms with Crippen molar-refractivity contribution in [2.24, 2.45) is 13.0 Å². The zero-order chi connectivity index (χ0) is 25.7. The highest BCUT2D eigenvalue weighted by molar-refractivity contribution is 6.31. The maximum atomic E-state index is 13.3. The summed E-state index contributed by atoms with van der Waals surface area (Å²) in [6, 6.07) is 16.5. The van der Waals surface area contributed by atoms with Gasteiger partial charge in [-0.3, -0.25) is 9.78 Å². The van der Waals surface area contributed by atoms with Crippen LogP contribution in [-0.2, 0) is 19.1 Å². The maximum absolute atomic E-state index is 13.3. The molecule has 2 aromatic carbocycles. The number of aryl methyl sites for hydroxylation is 1. The predicted octanol–water partition coefficient (Wildman–Crippen LogP) is 5.87. The molecule has 5 aromatic rings. The second kappa shape index (κ2) is 9.14. The summed E-state index contributed by atoms with van der Waals surface area (Å²) in [5, 5.41) is 14.3. The first-order valence-electron chi connectivity index (χ1n) is 12.1. The molecule has 3 aromatic heterocycles. The highest BCUT2D eigenvalue weighted by Gasteiger charge is 2.38. The molecule has 0 saturated heterocycles. The van der Waals surface area contributed by atoms with Gasteiger partial charge in [0.25, 0.3) is 5.56 Å². The van der Waals surface area contributed by atoms with Crippen molar-refractivity contribution in [3.63, 3.8) is 0 Å². The Morgan fingerprint density at radius 3 is 2.59 bits per heavy atom. The van der Waals surface area contributed by atoms with Crippen molar-refractivity contribution in [3.8, 4) is 11.1 Å². The van der Waals surface area contributed by atoms with Gasteiger partial charge < -0.3 is 14.7 Å². The fourth-order valence-electron chi connectivity index (χ4n) is 5.06. The minimum Gasteiger partial charge on any atom is -0.373 e. The minimum absolute atomic E-state index is 0.0941. The first-order chi connectivity index (χ1) is 17.8. The van der Waals surface area contributed by atoms with E-state index in [1.165, 1.54) is 6.20 Å². The molecule has 6 rings (SSSR count). The third kappa shape index (κ3) is 4.25. The van der Waals surface area contributed by atoms with E-state index in [2.05, 4.69) is 15.0 Å². The molecule has 3 heterocycles. The SMILES string of the molecule is Cn1cncc1C(O)(c1ccc2[nH]c(=O)c(CC3CC3)c(-c3cccc(Cl)c3)c2c1)c1ccc(Cl)cn1. The normalized spacial score (nSPS) is 15.1. The lowest BCUT2D eigenvalue weighted by molar-refractivity contribution is 0.113. The van der Waals surface area contributed by atoms with E-state index >= 15 is 0 Å². The molecule has 0 bridgehead atoms. The summed E-state index contributed by atoms with van der Waals surface area (Å²) in [5.74, 6) is 0.504. The molecule has 8 heteroatoms. The Morgan fingerprint density at radius 2 is 1.92 bits per heavy atom. The van der Waals surface area contributed by atoms with Gasteiger partial charge in [-0.05, 0) is 78.3 Å². The number of nitrogens with one attached hydrogen (secondary N) is 1. The first kappa shape index (κ1) is 23.9. The van der Waals surface area contributed by atoms with E-state index < -0.39 is 5.60 Å². The third-order valence-electron chi connectivity index (χ3n) is 7.12. The molecule has 1 unspecified atom stereocenters. The molecule has 1 atom stereocenters. The van der Waals surface area contributed by atoms with Gasteiger partial charge in [-0.15, -0.1) is 0 Å². The quantitative estimate of drug-likeness (QED) is 0.287. The van der Waals surface area contributed by atoms with E-state index in [1.54, 1.807) is 29.2 Å². The summed E-state index contributed by atoms with van der Waals surface area (Å²) in [6.07, 6.45) is 7.72. The van der Waals surface area contributed by atoms with Crippen LogP contribution in [0.3, 0.4) is 0 Å². The fraction of sp³-hybridized carbons (Fsp3) is 0.207. The van der Waals surface area contributed by atoms with Crippen molar-refractivity contribution in [3.05, 3.63) is 116 Å². The van der Waals surface area contributed by atoms with Gasteiger partial charge in [0.2, 0.25) is 0 Å². The lowest BCUT2D eigenvalue weighted by Gasteiger charge is -2.29. The Balaban J connectivity index is 1.66. The molecule has 1 aliphatic carbocycles. The minimum atomic E-state index is -1.62. The number of rotatable bonds is 6. The van der Waals surface area contributed by atoms with Crippen LogP contribution in [-0.4, -0.2) is 24.6 Å². The number of halogens is 2. The lowest BCUT2D eigenvalue weighted by Crippen LogP contribution is -2.32. The zero-order valence-electron chi connectivity index (χ0n) is 20.1. The highest BCUT2D eigenvalue weighted by atomic mass is 35.5. The molecule has 0 radical (unpaired) electrons. The van der Waals surface area contributed by atoms with Crippen LogP contribution >= 0.6 is 23.2 Å². The molecule has 1 aliphatic rings. The van der Waals surface area contributed by atoms with Gasteiger partial charge in [0.05, 0.1) is 28.9 Å². The van der Waals surface area contributed by atoms with Gasteiger partial charge in [-0.1, -0.05) is 41.4 Å². The second-order valence-corrected chi connectivity index (χ2v) is 10.6. The second-order valence-electron chi connectivity index (χ2n) is 9.69. The summed E-state index contributed by atoms with van der Waals surface area (Å²) in [7, 11) is 1.83. The number of benzene rings is 2. The average molecular weight is 531 g/mol. The number of fused-ring (bicyclic) bond motifs is 1. The first-order valence-corrected chi connectivity index (χ1v) is 12.9. The summed E-state index contributed by atoms with van der Waals surface area (Å²) < 4.78 is 1.77. The van der Waals surface area contributed by atoms with Crippen LogP contribution in [0, 0.1) is 5.92 Å². The number of pyridine rings is 2. The maximum Gasteiger partial charge on any atom is 0.252 e. The van der Waals surface area contributed by atoms with Gasteiger partial charge in [0.15, 0.2) is 5.60 Å². The van der Waals surface area contributed by atoms with Gasteiger partial charge >= 0.3 is 0 Å². The van der Waals surface area contributed by atoms with Crippen molar-refractivity contribution in [1.29, 1.82) is 0 Å². The Hall–Kier alpha value is -3.45. The molecular formula is C29H24Cl2N4O2. The summed E-state index contributed by atoms with van der Waals surface area (Å²) in [5.41, 5.74) is 2.96. The van der Waals surface area contributed by atoms with Crippen LogP contribution in [0.15, 0.2) is 78.1 Å². The van der Waals surface area contributed by atoms with Crippen LogP contribution in [0.5, 0.6) is 0 Å².